The summed E-state index contributed by atoms with van der Waals surface area (Å²) in [5.41, 5.74) is 19.4. The first-order valence-corrected chi connectivity index (χ1v) is 18.6. The van der Waals surface area contributed by atoms with Gasteiger partial charge in [0.2, 0.25) is 5.69 Å². The molecule has 4 unspecified atom stereocenters. The van der Waals surface area contributed by atoms with Gasteiger partial charge in [-0.15, -0.1) is 0 Å². The van der Waals surface area contributed by atoms with Crippen molar-refractivity contribution in [2.45, 2.75) is 82.6 Å². The number of nitrogens with one attached hydrogen (secondary N) is 2. The van der Waals surface area contributed by atoms with Gasteiger partial charge in [-0.25, -0.2) is 0 Å². The fourth-order valence-electron chi connectivity index (χ4n) is 9.44. The number of hydrogen-bond acceptors (Lipinski definition) is 3. The highest BCUT2D eigenvalue weighted by Gasteiger charge is 2.35. The molecule has 3 aromatic heterocycles. The largest absolute Gasteiger partial charge is 0.398 e. The molecule has 3 heterocycles. The Labute approximate surface area is 292 Å². The number of rotatable bonds is 9. The summed E-state index contributed by atoms with van der Waals surface area (Å²) in [6.45, 7) is 0.968. The number of H-pyrrole nitrogens is 2. The van der Waals surface area contributed by atoms with E-state index in [1.165, 1.54) is 58.2 Å². The Hall–Kier alpha value is -4.42. The Balaban J connectivity index is 0.810. The standard InChI is InChI=1S/C42H43ClN6/c43-31-15-18-35-37(24-31)45-38-23-27-20-26(21-30(22-27)40(38)41(35)44)8-6-7-19-49-25-32(47-48-49)16-13-29-14-17-34-33-11-4-5-12-36(33)46-42(34)39(29)28-9-2-1-3-10-28/h1-5,9-12,15,18,20,24-25,27,29-30,39,46H,6-8,13-14,16-17,19,21-23H2,(H2,44,45)/p+1. The van der Waals surface area contributed by atoms with Gasteiger partial charge in [0.15, 0.2) is 6.20 Å². The number of unbranched alkanes of at least 4 members (excludes halogenated alkanes) is 1. The molecule has 3 aliphatic carbocycles. The van der Waals surface area contributed by atoms with Crippen LogP contribution in [0.3, 0.4) is 0 Å². The van der Waals surface area contributed by atoms with E-state index in [1.54, 1.807) is 5.57 Å². The van der Waals surface area contributed by atoms with E-state index in [1.807, 2.05) is 18.2 Å². The summed E-state index contributed by atoms with van der Waals surface area (Å²) in [5, 5.41) is 11.2. The maximum Gasteiger partial charge on any atom is 0.218 e. The Morgan fingerprint density at radius 2 is 1.82 bits per heavy atom. The molecule has 3 aromatic carbocycles. The lowest BCUT2D eigenvalue weighted by Crippen LogP contribution is -2.35. The van der Waals surface area contributed by atoms with Crippen LogP contribution in [0.25, 0.3) is 21.8 Å². The first-order valence-electron chi connectivity index (χ1n) is 18.2. The highest BCUT2D eigenvalue weighted by atomic mass is 35.5. The second-order valence-electron chi connectivity index (χ2n) is 14.7. The molecule has 0 fully saturated rings. The van der Waals surface area contributed by atoms with Crippen molar-refractivity contribution in [3.63, 3.8) is 0 Å². The molecule has 0 radical (unpaired) electrons. The lowest BCUT2D eigenvalue weighted by Gasteiger charge is -2.36. The highest BCUT2D eigenvalue weighted by Crippen LogP contribution is 2.48. The maximum absolute atomic E-state index is 6.77. The summed E-state index contributed by atoms with van der Waals surface area (Å²) < 4.78 is 2.19. The topological polar surface area (TPSA) is 87.3 Å². The molecule has 7 heteroatoms. The van der Waals surface area contributed by atoms with Crippen LogP contribution in [0.1, 0.15) is 90.6 Å². The molecule has 6 aromatic rings. The lowest BCUT2D eigenvalue weighted by molar-refractivity contribution is -0.754. The first kappa shape index (κ1) is 30.6. The van der Waals surface area contributed by atoms with Gasteiger partial charge in [0.1, 0.15) is 6.54 Å². The molecule has 0 saturated carbocycles. The summed E-state index contributed by atoms with van der Waals surface area (Å²) in [6, 6.07) is 25.8. The number of pyridine rings is 1. The molecule has 9 rings (SSSR count). The lowest BCUT2D eigenvalue weighted by atomic mass is 9.70. The Kier molecular flexibility index (Phi) is 8.00. The zero-order valence-electron chi connectivity index (χ0n) is 28.0. The van der Waals surface area contributed by atoms with Crippen molar-refractivity contribution in [1.29, 1.82) is 0 Å². The van der Waals surface area contributed by atoms with E-state index in [0.29, 0.717) is 28.7 Å². The normalized spacial score (nSPS) is 21.4. The number of para-hydroxylation sites is 1. The van der Waals surface area contributed by atoms with Crippen LogP contribution in [0.15, 0.2) is 90.6 Å². The van der Waals surface area contributed by atoms with Crippen molar-refractivity contribution < 1.29 is 4.68 Å². The van der Waals surface area contributed by atoms with Crippen LogP contribution in [0, 0.1) is 11.8 Å². The third kappa shape index (κ3) is 5.84. The number of aromatic amines is 2. The number of benzene rings is 3. The molecule has 248 valence electrons. The van der Waals surface area contributed by atoms with E-state index >= 15 is 0 Å². The first-order chi connectivity index (χ1) is 24.1. The van der Waals surface area contributed by atoms with Crippen LogP contribution in [0.2, 0.25) is 5.02 Å². The smallest absolute Gasteiger partial charge is 0.218 e. The average molecular weight is 668 g/mol. The molecule has 49 heavy (non-hydrogen) atoms. The average Bonchev–Trinajstić information content (AvgIpc) is 3.73. The van der Waals surface area contributed by atoms with Crippen molar-refractivity contribution in [3.8, 4) is 0 Å². The minimum Gasteiger partial charge on any atom is -0.398 e. The van der Waals surface area contributed by atoms with Crippen LogP contribution in [0.5, 0.6) is 0 Å². The third-order valence-corrected chi connectivity index (χ3v) is 11.9. The van der Waals surface area contributed by atoms with E-state index in [4.69, 9.17) is 27.4 Å². The summed E-state index contributed by atoms with van der Waals surface area (Å²) in [6.07, 6.45) is 16.0. The number of fused-ring (bicyclic) bond motifs is 8. The third-order valence-electron chi connectivity index (χ3n) is 11.6. The quantitative estimate of drug-likeness (QED) is 0.0816. The van der Waals surface area contributed by atoms with E-state index in [-0.39, 0.29) is 0 Å². The molecule has 6 nitrogen and oxygen atoms in total. The van der Waals surface area contributed by atoms with E-state index in [9.17, 15) is 0 Å². The van der Waals surface area contributed by atoms with Crippen LogP contribution >= 0.6 is 11.6 Å². The van der Waals surface area contributed by atoms with Gasteiger partial charge in [-0.2, -0.15) is 4.68 Å². The predicted octanol–water partition coefficient (Wildman–Crippen LogP) is 9.14. The summed E-state index contributed by atoms with van der Waals surface area (Å²) >= 11 is 6.26. The molecular formula is C42H44ClN6+. The van der Waals surface area contributed by atoms with Crippen LogP contribution in [-0.4, -0.2) is 20.3 Å². The van der Waals surface area contributed by atoms with Crippen molar-refractivity contribution in [1.82, 2.24) is 20.3 Å². The minimum absolute atomic E-state index is 0.386. The van der Waals surface area contributed by atoms with Gasteiger partial charge in [-0.1, -0.05) is 77.0 Å². The maximum atomic E-state index is 6.77. The minimum atomic E-state index is 0.386. The van der Waals surface area contributed by atoms with Gasteiger partial charge in [-0.05, 0) is 111 Å². The monoisotopic (exact) mass is 667 g/mol. The van der Waals surface area contributed by atoms with Gasteiger partial charge < -0.3 is 10.7 Å². The highest BCUT2D eigenvalue weighted by molar-refractivity contribution is 6.31. The Morgan fingerprint density at radius 3 is 2.73 bits per heavy atom. The molecule has 0 spiro atoms. The number of allylic oxidation sites excluding steroid dienone is 2. The molecule has 0 amide bonds. The predicted molar refractivity (Wildman–Crippen MR) is 198 cm³/mol. The summed E-state index contributed by atoms with van der Waals surface area (Å²) in [5.74, 6) is 1.99. The molecule has 4 N–H and O–H groups in total. The fraction of sp³-hybridized carbons (Fsp3) is 0.357. The fourth-order valence-corrected chi connectivity index (χ4v) is 9.61. The zero-order valence-corrected chi connectivity index (χ0v) is 28.7. The number of nitrogens with zero attached hydrogens (tertiary/aromatic N) is 3. The van der Waals surface area contributed by atoms with Crippen LogP contribution in [0.4, 0.5) is 5.69 Å². The number of nitrogen functional groups attached to an aromatic ring is 1. The Morgan fingerprint density at radius 1 is 0.939 bits per heavy atom. The number of halogens is 1. The number of nitrogens with two attached hydrogens (primary N) is 1. The van der Waals surface area contributed by atoms with Gasteiger partial charge in [0, 0.05) is 61.4 Å². The van der Waals surface area contributed by atoms with Crippen molar-refractivity contribution in [3.05, 3.63) is 129 Å². The van der Waals surface area contributed by atoms with Gasteiger partial charge in [0.05, 0.1) is 5.52 Å². The van der Waals surface area contributed by atoms with Crippen LogP contribution in [-0.2, 0) is 25.8 Å². The van der Waals surface area contributed by atoms with Crippen LogP contribution < -0.4 is 10.4 Å². The second kappa shape index (κ2) is 12.8. The van der Waals surface area contributed by atoms with Crippen molar-refractivity contribution in [2.75, 3.05) is 5.73 Å². The van der Waals surface area contributed by atoms with E-state index in [2.05, 4.69) is 81.7 Å². The number of anilines is 1. The molecule has 2 bridgehead atoms. The van der Waals surface area contributed by atoms with E-state index < -0.39 is 0 Å². The summed E-state index contributed by atoms with van der Waals surface area (Å²) in [4.78, 5) is 8.86. The zero-order chi connectivity index (χ0) is 32.9. The van der Waals surface area contributed by atoms with Gasteiger partial charge in [0.25, 0.3) is 0 Å². The molecule has 4 atom stereocenters. The van der Waals surface area contributed by atoms with Crippen molar-refractivity contribution >= 4 is 39.1 Å². The molecule has 3 aliphatic rings. The molecule has 0 aliphatic heterocycles. The molecular weight excluding hydrogens is 624 g/mol. The second-order valence-corrected chi connectivity index (χ2v) is 15.2. The number of aromatic nitrogens is 5. The van der Waals surface area contributed by atoms with Gasteiger partial charge >= 0.3 is 0 Å². The molecule has 0 saturated heterocycles. The van der Waals surface area contributed by atoms with Gasteiger partial charge in [-0.3, -0.25) is 4.98 Å². The SMILES string of the molecule is Nc1c2c(nc3cc(Cl)ccc13)CC1C=C(CCCC[n+]3cc(CCC4CCc5c([nH]c6ccccc56)C4c4ccccc4)n[nH]3)CC2C1. The Bertz CT molecular complexity index is 2180. The van der Waals surface area contributed by atoms with E-state index in [0.717, 1.165) is 73.8 Å². The number of aryl methyl sites for hydroxylation is 3. The summed E-state index contributed by atoms with van der Waals surface area (Å²) in [7, 11) is 0. The van der Waals surface area contributed by atoms with Crippen molar-refractivity contribution in [2.24, 2.45) is 11.8 Å². The number of hydrogen-bond donors (Lipinski definition) is 3.